The quantitative estimate of drug-likeness (QED) is 0.697. The molecule has 1 N–H and O–H groups in total. The molecule has 104 valence electrons. The van der Waals surface area contributed by atoms with Gasteiger partial charge in [0.2, 0.25) is 6.41 Å². The number of nitrogens with one attached hydrogen (secondary N) is 1. The lowest BCUT2D eigenvalue weighted by atomic mass is 10.1. The summed E-state index contributed by atoms with van der Waals surface area (Å²) in [7, 11) is 1.20. The van der Waals surface area contributed by atoms with Crippen molar-refractivity contribution >= 4 is 28.7 Å². The fourth-order valence-electron chi connectivity index (χ4n) is 1.64. The smallest absolute Gasteiger partial charge is 0.340 e. The Bertz CT molecular complexity index is 670. The normalized spacial score (nSPS) is 10.2. The van der Waals surface area contributed by atoms with Gasteiger partial charge in [0.05, 0.1) is 12.7 Å². The molecule has 1 aromatic heterocycles. The second kappa shape index (κ2) is 5.79. The average molecular weight is 297 g/mol. The van der Waals surface area contributed by atoms with Crippen molar-refractivity contribution in [2.75, 3.05) is 12.4 Å². The third kappa shape index (κ3) is 2.67. The lowest BCUT2D eigenvalue weighted by Crippen LogP contribution is -2.03. The number of rotatable bonds is 4. The van der Waals surface area contributed by atoms with Crippen LogP contribution in [0.2, 0.25) is 0 Å². The molecule has 4 nitrogen and oxygen atoms in total. The molecule has 2 rings (SSSR count). The highest BCUT2D eigenvalue weighted by atomic mass is 32.1. The number of methoxy groups -OCH3 is 1. The SMILES string of the molecule is COC(=O)c1cc(-c2ccc(F)cc2F)sc1NC=O. The molecule has 0 aliphatic rings. The molecule has 1 heterocycles. The van der Waals surface area contributed by atoms with Crippen LogP contribution in [-0.2, 0) is 9.53 Å². The van der Waals surface area contributed by atoms with Crippen molar-refractivity contribution in [1.82, 2.24) is 0 Å². The zero-order valence-corrected chi connectivity index (χ0v) is 11.1. The van der Waals surface area contributed by atoms with Crippen LogP contribution in [0.15, 0.2) is 24.3 Å². The number of anilines is 1. The molecule has 0 aliphatic carbocycles. The minimum Gasteiger partial charge on any atom is -0.465 e. The Morgan fingerprint density at radius 3 is 2.70 bits per heavy atom. The van der Waals surface area contributed by atoms with E-state index in [9.17, 15) is 18.4 Å². The fourth-order valence-corrected chi connectivity index (χ4v) is 2.67. The number of halogens is 2. The van der Waals surface area contributed by atoms with Crippen molar-refractivity contribution in [2.45, 2.75) is 0 Å². The number of thiophene rings is 1. The highest BCUT2D eigenvalue weighted by Gasteiger charge is 2.19. The fraction of sp³-hybridized carbons (Fsp3) is 0.0769. The molecule has 20 heavy (non-hydrogen) atoms. The van der Waals surface area contributed by atoms with Gasteiger partial charge in [0, 0.05) is 16.5 Å². The Kier molecular flexibility index (Phi) is 4.09. The van der Waals surface area contributed by atoms with Crippen molar-refractivity contribution < 1.29 is 23.1 Å². The topological polar surface area (TPSA) is 55.4 Å². The van der Waals surface area contributed by atoms with Crippen LogP contribution in [0, 0.1) is 11.6 Å². The summed E-state index contributed by atoms with van der Waals surface area (Å²) in [5.41, 5.74) is 0.254. The number of carbonyl (C=O) groups is 2. The monoisotopic (exact) mass is 297 g/mol. The molecule has 2 aromatic rings. The van der Waals surface area contributed by atoms with Gasteiger partial charge in [0.25, 0.3) is 0 Å². The summed E-state index contributed by atoms with van der Waals surface area (Å²) < 4.78 is 31.2. The van der Waals surface area contributed by atoms with Gasteiger partial charge in [0.1, 0.15) is 16.6 Å². The van der Waals surface area contributed by atoms with Crippen LogP contribution in [0.1, 0.15) is 10.4 Å². The summed E-state index contributed by atoms with van der Waals surface area (Å²) in [6, 6.07) is 4.52. The van der Waals surface area contributed by atoms with Gasteiger partial charge in [-0.1, -0.05) is 0 Å². The van der Waals surface area contributed by atoms with E-state index in [1.54, 1.807) is 0 Å². The lowest BCUT2D eigenvalue weighted by Gasteiger charge is -1.99. The summed E-state index contributed by atoms with van der Waals surface area (Å²) in [6.07, 6.45) is 0.406. The van der Waals surface area contributed by atoms with Crippen LogP contribution in [0.4, 0.5) is 13.8 Å². The van der Waals surface area contributed by atoms with Crippen LogP contribution >= 0.6 is 11.3 Å². The van der Waals surface area contributed by atoms with Crippen molar-refractivity contribution in [3.63, 3.8) is 0 Å². The van der Waals surface area contributed by atoms with Gasteiger partial charge < -0.3 is 10.1 Å². The first-order valence-corrected chi connectivity index (χ1v) is 6.26. The maximum Gasteiger partial charge on any atom is 0.340 e. The molecule has 0 aliphatic heterocycles. The van der Waals surface area contributed by atoms with E-state index in [0.717, 1.165) is 23.5 Å². The number of esters is 1. The van der Waals surface area contributed by atoms with Crippen LogP contribution < -0.4 is 5.32 Å². The Balaban J connectivity index is 2.52. The molecule has 0 spiro atoms. The van der Waals surface area contributed by atoms with Gasteiger partial charge in [-0.25, -0.2) is 13.6 Å². The van der Waals surface area contributed by atoms with Gasteiger partial charge in [-0.05, 0) is 18.2 Å². The zero-order chi connectivity index (χ0) is 14.7. The lowest BCUT2D eigenvalue weighted by molar-refractivity contribution is -0.105. The number of hydrogen-bond acceptors (Lipinski definition) is 4. The van der Waals surface area contributed by atoms with Crippen LogP contribution in [-0.4, -0.2) is 19.5 Å². The molecule has 0 unspecified atom stereocenters. The number of ether oxygens (including phenoxy) is 1. The standard InChI is InChI=1S/C13H9F2NO3S/c1-19-13(18)9-5-11(20-12(9)16-6-17)8-3-2-7(14)4-10(8)15/h2-6H,1H3,(H,16,17). The Labute approximate surface area is 117 Å². The van der Waals surface area contributed by atoms with Gasteiger partial charge >= 0.3 is 5.97 Å². The summed E-state index contributed by atoms with van der Waals surface area (Å²) >= 11 is 0.995. The molecule has 0 radical (unpaired) electrons. The highest BCUT2D eigenvalue weighted by molar-refractivity contribution is 7.20. The van der Waals surface area contributed by atoms with Crippen molar-refractivity contribution in [2.24, 2.45) is 0 Å². The molecule has 1 amide bonds. The van der Waals surface area contributed by atoms with Crippen LogP contribution in [0.5, 0.6) is 0 Å². The maximum atomic E-state index is 13.7. The molecule has 0 bridgehead atoms. The van der Waals surface area contributed by atoms with E-state index in [4.69, 9.17) is 0 Å². The summed E-state index contributed by atoms with van der Waals surface area (Å²) in [5, 5.41) is 2.59. The summed E-state index contributed by atoms with van der Waals surface area (Å²) in [5.74, 6) is -2.10. The maximum absolute atomic E-state index is 13.7. The zero-order valence-electron chi connectivity index (χ0n) is 10.3. The highest BCUT2D eigenvalue weighted by Crippen LogP contribution is 2.36. The van der Waals surface area contributed by atoms with E-state index in [-0.39, 0.29) is 16.1 Å². The van der Waals surface area contributed by atoms with E-state index >= 15 is 0 Å². The van der Waals surface area contributed by atoms with Crippen molar-refractivity contribution in [1.29, 1.82) is 0 Å². The summed E-state index contributed by atoms with van der Waals surface area (Å²) in [6.45, 7) is 0. The summed E-state index contributed by atoms with van der Waals surface area (Å²) in [4.78, 5) is 22.5. The number of hydrogen-bond donors (Lipinski definition) is 1. The van der Waals surface area contributed by atoms with E-state index in [1.807, 2.05) is 0 Å². The van der Waals surface area contributed by atoms with Gasteiger partial charge in [-0.2, -0.15) is 0 Å². The Hall–Kier alpha value is -2.28. The molecule has 0 fully saturated rings. The van der Waals surface area contributed by atoms with Crippen LogP contribution in [0.3, 0.4) is 0 Å². The minimum absolute atomic E-state index is 0.114. The molecular formula is C13H9F2NO3S. The van der Waals surface area contributed by atoms with Gasteiger partial charge in [0.15, 0.2) is 0 Å². The largest absolute Gasteiger partial charge is 0.465 e. The van der Waals surface area contributed by atoms with E-state index < -0.39 is 17.6 Å². The predicted molar refractivity (Wildman–Crippen MR) is 70.7 cm³/mol. The second-order valence-corrected chi connectivity index (χ2v) is 4.78. The third-order valence-electron chi connectivity index (χ3n) is 2.52. The van der Waals surface area contributed by atoms with Crippen LogP contribution in [0.25, 0.3) is 10.4 Å². The van der Waals surface area contributed by atoms with Gasteiger partial charge in [-0.15, -0.1) is 11.3 Å². The van der Waals surface area contributed by atoms with E-state index in [1.165, 1.54) is 19.2 Å². The van der Waals surface area contributed by atoms with Crippen molar-refractivity contribution in [3.8, 4) is 10.4 Å². The first-order valence-electron chi connectivity index (χ1n) is 5.44. The Morgan fingerprint density at radius 2 is 2.10 bits per heavy atom. The molecular weight excluding hydrogens is 288 g/mol. The number of carbonyl (C=O) groups excluding carboxylic acids is 2. The van der Waals surface area contributed by atoms with E-state index in [0.29, 0.717) is 11.3 Å². The average Bonchev–Trinajstić information content (AvgIpc) is 2.82. The van der Waals surface area contributed by atoms with Crippen molar-refractivity contribution in [3.05, 3.63) is 41.5 Å². The molecule has 0 saturated heterocycles. The number of amides is 1. The molecule has 0 atom stereocenters. The van der Waals surface area contributed by atoms with Gasteiger partial charge in [-0.3, -0.25) is 4.79 Å². The molecule has 0 saturated carbocycles. The first kappa shape index (κ1) is 14.1. The first-order chi connectivity index (χ1) is 9.56. The Morgan fingerprint density at radius 1 is 1.35 bits per heavy atom. The van der Waals surface area contributed by atoms with E-state index in [2.05, 4.69) is 10.1 Å². The molecule has 7 heteroatoms. The third-order valence-corrected chi connectivity index (χ3v) is 3.62. The minimum atomic E-state index is -0.750. The molecule has 1 aromatic carbocycles. The predicted octanol–water partition coefficient (Wildman–Crippen LogP) is 3.05. The number of benzene rings is 1. The second-order valence-electron chi connectivity index (χ2n) is 3.73.